The van der Waals surface area contributed by atoms with Crippen LogP contribution in [0.4, 0.5) is 5.69 Å². The van der Waals surface area contributed by atoms with Gasteiger partial charge in [-0.05, 0) is 37.5 Å². The number of carbonyl (C=O) groups excluding carboxylic acids is 1. The molecule has 1 aromatic carbocycles. The Labute approximate surface area is 116 Å². The van der Waals surface area contributed by atoms with Gasteiger partial charge >= 0.3 is 5.97 Å². The summed E-state index contributed by atoms with van der Waals surface area (Å²) in [6, 6.07) is 5.43. The van der Waals surface area contributed by atoms with E-state index in [1.807, 2.05) is 13.0 Å². The predicted octanol–water partition coefficient (Wildman–Crippen LogP) is 1.57. The highest BCUT2D eigenvalue weighted by molar-refractivity contribution is 5.96. The summed E-state index contributed by atoms with van der Waals surface area (Å²) in [5.41, 5.74) is 1.54. The third-order valence-electron chi connectivity index (χ3n) is 3.20. The predicted molar refractivity (Wildman–Crippen MR) is 71.9 cm³/mol. The molecule has 2 rings (SSSR count). The molecule has 0 bridgehead atoms. The summed E-state index contributed by atoms with van der Waals surface area (Å²) in [6.45, 7) is 1.90. The minimum Gasteiger partial charge on any atom is -0.495 e. The molecule has 0 aromatic heterocycles. The molecule has 0 saturated carbocycles. The van der Waals surface area contributed by atoms with Gasteiger partial charge in [0.15, 0.2) is 6.10 Å². The number of anilines is 1. The van der Waals surface area contributed by atoms with Gasteiger partial charge in [-0.25, -0.2) is 4.79 Å². The summed E-state index contributed by atoms with van der Waals surface area (Å²) in [5, 5.41) is 11.6. The number of nitrogens with one attached hydrogen (secondary N) is 1. The van der Waals surface area contributed by atoms with Crippen molar-refractivity contribution in [3.05, 3.63) is 23.8 Å². The monoisotopic (exact) mass is 279 g/mol. The zero-order valence-corrected chi connectivity index (χ0v) is 11.4. The Balaban J connectivity index is 2.05. The highest BCUT2D eigenvalue weighted by atomic mass is 16.5. The van der Waals surface area contributed by atoms with Crippen molar-refractivity contribution < 1.29 is 24.2 Å². The maximum absolute atomic E-state index is 12.1. The van der Waals surface area contributed by atoms with Gasteiger partial charge in [0.1, 0.15) is 11.9 Å². The van der Waals surface area contributed by atoms with Gasteiger partial charge in [0.25, 0.3) is 5.91 Å². The van der Waals surface area contributed by atoms with Crippen molar-refractivity contribution in [2.45, 2.75) is 32.0 Å². The average Bonchev–Trinajstić information content (AvgIpc) is 2.89. The van der Waals surface area contributed by atoms with E-state index in [1.165, 1.54) is 7.11 Å². The van der Waals surface area contributed by atoms with Gasteiger partial charge in [0.05, 0.1) is 12.8 Å². The molecule has 1 heterocycles. The van der Waals surface area contributed by atoms with Crippen LogP contribution in [0.5, 0.6) is 5.75 Å². The van der Waals surface area contributed by atoms with E-state index in [0.29, 0.717) is 24.3 Å². The van der Waals surface area contributed by atoms with Crippen molar-refractivity contribution in [1.82, 2.24) is 0 Å². The van der Waals surface area contributed by atoms with Crippen LogP contribution in [0.15, 0.2) is 18.2 Å². The number of carboxylic acids is 1. The van der Waals surface area contributed by atoms with Crippen LogP contribution in [0.1, 0.15) is 18.4 Å². The molecular weight excluding hydrogens is 262 g/mol. The standard InChI is InChI=1S/C14H17NO5/c1-8-3-4-10(19-2)9(7-8)15-13(16)11-5-6-12(20-11)14(17)18/h3-4,7,11-12H,5-6H2,1-2H3,(H,15,16)(H,17,18)/t11-,12+/m0/s1. The quantitative estimate of drug-likeness (QED) is 0.874. The van der Waals surface area contributed by atoms with Gasteiger partial charge < -0.3 is 19.9 Å². The van der Waals surface area contributed by atoms with Crippen molar-refractivity contribution in [3.63, 3.8) is 0 Å². The van der Waals surface area contributed by atoms with Crippen LogP contribution >= 0.6 is 0 Å². The van der Waals surface area contributed by atoms with Crippen LogP contribution < -0.4 is 10.1 Å². The molecule has 2 atom stereocenters. The molecule has 6 nitrogen and oxygen atoms in total. The molecule has 6 heteroatoms. The lowest BCUT2D eigenvalue weighted by molar-refractivity contribution is -0.150. The first-order valence-corrected chi connectivity index (χ1v) is 6.35. The van der Waals surface area contributed by atoms with E-state index < -0.39 is 18.2 Å². The second-order valence-corrected chi connectivity index (χ2v) is 4.72. The lowest BCUT2D eigenvalue weighted by Gasteiger charge is -2.14. The number of amides is 1. The first-order chi connectivity index (χ1) is 9.51. The van der Waals surface area contributed by atoms with Crippen LogP contribution in [-0.2, 0) is 14.3 Å². The fourth-order valence-corrected chi connectivity index (χ4v) is 2.14. The zero-order chi connectivity index (χ0) is 14.7. The van der Waals surface area contributed by atoms with Gasteiger partial charge in [-0.1, -0.05) is 6.07 Å². The molecule has 2 N–H and O–H groups in total. The van der Waals surface area contributed by atoms with Crippen molar-refractivity contribution in [2.24, 2.45) is 0 Å². The van der Waals surface area contributed by atoms with E-state index in [0.717, 1.165) is 5.56 Å². The summed E-state index contributed by atoms with van der Waals surface area (Å²) in [4.78, 5) is 22.9. The molecule has 1 fully saturated rings. The molecule has 20 heavy (non-hydrogen) atoms. The number of ether oxygens (including phenoxy) is 2. The molecule has 108 valence electrons. The van der Waals surface area contributed by atoms with Crippen LogP contribution in [0, 0.1) is 6.92 Å². The van der Waals surface area contributed by atoms with Gasteiger partial charge in [0.2, 0.25) is 0 Å². The molecule has 1 aliphatic rings. The molecular formula is C14H17NO5. The summed E-state index contributed by atoms with van der Waals surface area (Å²) < 4.78 is 10.4. The van der Waals surface area contributed by atoms with Crippen LogP contribution in [-0.4, -0.2) is 36.3 Å². The van der Waals surface area contributed by atoms with Crippen LogP contribution in [0.25, 0.3) is 0 Å². The van der Waals surface area contributed by atoms with Gasteiger partial charge in [-0.3, -0.25) is 4.79 Å². The molecule has 0 unspecified atom stereocenters. The molecule has 1 saturated heterocycles. The SMILES string of the molecule is COc1ccc(C)cc1NC(=O)[C@@H]1CC[C@H](C(=O)O)O1. The Kier molecular flexibility index (Phi) is 4.24. The maximum Gasteiger partial charge on any atom is 0.332 e. The van der Waals surface area contributed by atoms with E-state index in [2.05, 4.69) is 5.32 Å². The minimum atomic E-state index is -1.03. The average molecular weight is 279 g/mol. The van der Waals surface area contributed by atoms with Crippen LogP contribution in [0.2, 0.25) is 0 Å². The molecule has 1 aromatic rings. The summed E-state index contributed by atoms with van der Waals surface area (Å²) in [7, 11) is 1.52. The topological polar surface area (TPSA) is 84.9 Å². The third-order valence-corrected chi connectivity index (χ3v) is 3.20. The fraction of sp³-hybridized carbons (Fsp3) is 0.429. The highest BCUT2D eigenvalue weighted by Crippen LogP contribution is 2.27. The number of benzene rings is 1. The Morgan fingerprint density at radius 1 is 1.35 bits per heavy atom. The number of aliphatic carboxylic acids is 1. The Bertz CT molecular complexity index is 528. The summed E-state index contributed by atoms with van der Waals surface area (Å²) >= 11 is 0. The summed E-state index contributed by atoms with van der Waals surface area (Å²) in [5.74, 6) is -0.831. The van der Waals surface area contributed by atoms with Crippen molar-refractivity contribution in [3.8, 4) is 5.75 Å². The van der Waals surface area contributed by atoms with E-state index >= 15 is 0 Å². The highest BCUT2D eigenvalue weighted by Gasteiger charge is 2.34. The number of hydrogen-bond donors (Lipinski definition) is 2. The van der Waals surface area contributed by atoms with Crippen molar-refractivity contribution in [2.75, 3.05) is 12.4 Å². The molecule has 0 radical (unpaired) electrons. The zero-order valence-electron chi connectivity index (χ0n) is 11.4. The maximum atomic E-state index is 12.1. The van der Waals surface area contributed by atoms with Gasteiger partial charge in [0, 0.05) is 0 Å². The molecule has 1 amide bonds. The van der Waals surface area contributed by atoms with Crippen molar-refractivity contribution >= 4 is 17.6 Å². The Morgan fingerprint density at radius 3 is 2.65 bits per heavy atom. The lowest BCUT2D eigenvalue weighted by Crippen LogP contribution is -2.30. The second kappa shape index (κ2) is 5.92. The first-order valence-electron chi connectivity index (χ1n) is 6.35. The largest absolute Gasteiger partial charge is 0.495 e. The second-order valence-electron chi connectivity index (χ2n) is 4.72. The fourth-order valence-electron chi connectivity index (χ4n) is 2.14. The van der Waals surface area contributed by atoms with E-state index in [1.54, 1.807) is 12.1 Å². The number of rotatable bonds is 4. The van der Waals surface area contributed by atoms with Gasteiger partial charge in [-0.15, -0.1) is 0 Å². The minimum absolute atomic E-state index is 0.346. The smallest absolute Gasteiger partial charge is 0.332 e. The number of hydrogen-bond acceptors (Lipinski definition) is 4. The number of aryl methyl sites for hydroxylation is 1. The Morgan fingerprint density at radius 2 is 2.05 bits per heavy atom. The normalized spacial score (nSPS) is 21.5. The lowest BCUT2D eigenvalue weighted by atomic mass is 10.1. The van der Waals surface area contributed by atoms with E-state index in [4.69, 9.17) is 14.6 Å². The third kappa shape index (κ3) is 3.08. The molecule has 0 spiro atoms. The van der Waals surface area contributed by atoms with E-state index in [9.17, 15) is 9.59 Å². The van der Waals surface area contributed by atoms with Crippen molar-refractivity contribution in [1.29, 1.82) is 0 Å². The number of methoxy groups -OCH3 is 1. The number of carbonyl (C=O) groups is 2. The Hall–Kier alpha value is -2.08. The van der Waals surface area contributed by atoms with Crippen LogP contribution in [0.3, 0.4) is 0 Å². The molecule has 1 aliphatic heterocycles. The van der Waals surface area contributed by atoms with E-state index in [-0.39, 0.29) is 5.91 Å². The van der Waals surface area contributed by atoms with Gasteiger partial charge in [-0.2, -0.15) is 0 Å². The first kappa shape index (κ1) is 14.3. The summed E-state index contributed by atoms with van der Waals surface area (Å²) in [6.07, 6.45) is -0.888. The molecule has 0 aliphatic carbocycles. The number of carboxylic acid groups (broad SMARTS) is 1.